The van der Waals surface area contributed by atoms with Gasteiger partial charge in [0.05, 0.1) is 5.69 Å². The Morgan fingerprint density at radius 3 is 2.63 bits per heavy atom. The highest BCUT2D eigenvalue weighted by Crippen LogP contribution is 2.26. The number of hydrogen-bond acceptors (Lipinski definition) is 3. The lowest BCUT2D eigenvalue weighted by atomic mass is 10.1. The van der Waals surface area contributed by atoms with Crippen molar-refractivity contribution in [2.45, 2.75) is 0 Å². The van der Waals surface area contributed by atoms with Gasteiger partial charge in [0, 0.05) is 16.4 Å². The number of nitrogens with zero attached hydrogens (tertiary/aromatic N) is 1. The Balaban J connectivity index is 1.98. The van der Waals surface area contributed by atoms with Gasteiger partial charge in [0.2, 0.25) is 0 Å². The predicted molar refractivity (Wildman–Crippen MR) is 83.6 cm³/mol. The molecule has 0 aliphatic rings. The van der Waals surface area contributed by atoms with Crippen LogP contribution in [0.4, 0.5) is 17.2 Å². The Hall–Kier alpha value is -2.07. The molecule has 2 aromatic carbocycles. The molecule has 19 heavy (non-hydrogen) atoms. The number of nitrogens with one attached hydrogen (secondary N) is 1. The van der Waals surface area contributed by atoms with Gasteiger partial charge in [-0.25, -0.2) is 4.98 Å². The number of hydrogen-bond donors (Lipinski definition) is 2. The molecule has 0 saturated heterocycles. The number of nitrogen functional groups attached to an aromatic ring is 1. The summed E-state index contributed by atoms with van der Waals surface area (Å²) in [5.74, 6) is 0.499. The van der Waals surface area contributed by atoms with E-state index in [-0.39, 0.29) is 0 Å². The van der Waals surface area contributed by atoms with Crippen LogP contribution in [0.3, 0.4) is 0 Å². The molecule has 4 heteroatoms. The number of anilines is 3. The van der Waals surface area contributed by atoms with E-state index in [1.165, 1.54) is 10.8 Å². The van der Waals surface area contributed by atoms with Crippen molar-refractivity contribution in [1.82, 2.24) is 4.98 Å². The van der Waals surface area contributed by atoms with Gasteiger partial charge < -0.3 is 11.1 Å². The summed E-state index contributed by atoms with van der Waals surface area (Å²) in [6.45, 7) is 0. The average molecular weight is 314 g/mol. The van der Waals surface area contributed by atoms with E-state index in [0.717, 1.165) is 15.8 Å². The highest BCUT2D eigenvalue weighted by atomic mass is 79.9. The van der Waals surface area contributed by atoms with Crippen molar-refractivity contribution >= 4 is 43.9 Å². The quantitative estimate of drug-likeness (QED) is 0.740. The first-order valence-electron chi connectivity index (χ1n) is 5.89. The van der Waals surface area contributed by atoms with Gasteiger partial charge in [-0.15, -0.1) is 0 Å². The van der Waals surface area contributed by atoms with Gasteiger partial charge in [0.1, 0.15) is 5.82 Å². The summed E-state index contributed by atoms with van der Waals surface area (Å²) in [7, 11) is 0. The van der Waals surface area contributed by atoms with Gasteiger partial charge in [0.15, 0.2) is 0 Å². The lowest BCUT2D eigenvalue weighted by Gasteiger charge is -2.09. The number of pyridine rings is 1. The molecule has 0 unspecified atom stereocenters. The molecular weight excluding hydrogens is 302 g/mol. The standard InChI is InChI=1S/C15H12BrN3/c16-12-5-3-11-9-13(6-4-10(11)8-12)19-14-2-1-7-18-15(14)17/h1-9,19H,(H2,17,18). The van der Waals surface area contributed by atoms with Crippen LogP contribution in [0.2, 0.25) is 0 Å². The third-order valence-electron chi connectivity index (χ3n) is 2.92. The first kappa shape index (κ1) is 12.0. The minimum Gasteiger partial charge on any atom is -0.382 e. The molecule has 0 radical (unpaired) electrons. The van der Waals surface area contributed by atoms with E-state index in [2.05, 4.69) is 50.5 Å². The van der Waals surface area contributed by atoms with Crippen LogP contribution in [0.1, 0.15) is 0 Å². The van der Waals surface area contributed by atoms with Crippen molar-refractivity contribution in [3.8, 4) is 0 Å². The molecular formula is C15H12BrN3. The topological polar surface area (TPSA) is 50.9 Å². The van der Waals surface area contributed by atoms with Crippen molar-refractivity contribution < 1.29 is 0 Å². The summed E-state index contributed by atoms with van der Waals surface area (Å²) in [6.07, 6.45) is 1.68. The Kier molecular flexibility index (Phi) is 3.09. The molecule has 0 atom stereocenters. The Morgan fingerprint density at radius 1 is 1.00 bits per heavy atom. The van der Waals surface area contributed by atoms with Crippen LogP contribution in [-0.4, -0.2) is 4.98 Å². The third-order valence-corrected chi connectivity index (χ3v) is 3.41. The SMILES string of the molecule is Nc1ncccc1Nc1ccc2cc(Br)ccc2c1. The zero-order valence-corrected chi connectivity index (χ0v) is 11.7. The maximum atomic E-state index is 5.82. The molecule has 0 bridgehead atoms. The van der Waals surface area contributed by atoms with Crippen LogP contribution in [-0.2, 0) is 0 Å². The van der Waals surface area contributed by atoms with E-state index in [1.807, 2.05) is 24.3 Å². The molecule has 0 aliphatic carbocycles. The number of aromatic nitrogens is 1. The Labute approximate surface area is 119 Å². The normalized spacial score (nSPS) is 10.6. The van der Waals surface area contributed by atoms with E-state index < -0.39 is 0 Å². The molecule has 3 N–H and O–H groups in total. The van der Waals surface area contributed by atoms with Gasteiger partial charge in [-0.05, 0) is 47.2 Å². The van der Waals surface area contributed by atoms with Gasteiger partial charge in [0.25, 0.3) is 0 Å². The van der Waals surface area contributed by atoms with E-state index in [1.54, 1.807) is 6.20 Å². The third kappa shape index (κ3) is 2.53. The molecule has 0 spiro atoms. The molecule has 0 aliphatic heterocycles. The van der Waals surface area contributed by atoms with Crippen molar-refractivity contribution in [2.75, 3.05) is 11.1 Å². The summed E-state index contributed by atoms with van der Waals surface area (Å²) < 4.78 is 1.08. The predicted octanol–water partition coefficient (Wildman–Crippen LogP) is 4.32. The molecule has 3 aromatic rings. The number of halogens is 1. The van der Waals surface area contributed by atoms with Gasteiger partial charge in [-0.3, -0.25) is 0 Å². The first-order chi connectivity index (χ1) is 9.22. The zero-order valence-electron chi connectivity index (χ0n) is 10.1. The van der Waals surface area contributed by atoms with Gasteiger partial charge in [-0.2, -0.15) is 0 Å². The largest absolute Gasteiger partial charge is 0.382 e. The van der Waals surface area contributed by atoms with Crippen LogP contribution in [0.15, 0.2) is 59.2 Å². The second-order valence-electron chi connectivity index (χ2n) is 4.27. The van der Waals surface area contributed by atoms with Crippen LogP contribution in [0.5, 0.6) is 0 Å². The van der Waals surface area contributed by atoms with E-state index in [9.17, 15) is 0 Å². The fourth-order valence-electron chi connectivity index (χ4n) is 1.97. The summed E-state index contributed by atoms with van der Waals surface area (Å²) >= 11 is 3.47. The Morgan fingerprint density at radius 2 is 1.79 bits per heavy atom. The second-order valence-corrected chi connectivity index (χ2v) is 5.18. The van der Waals surface area contributed by atoms with Crippen molar-refractivity contribution in [1.29, 1.82) is 0 Å². The first-order valence-corrected chi connectivity index (χ1v) is 6.68. The average Bonchev–Trinajstić information content (AvgIpc) is 2.41. The fourth-order valence-corrected chi connectivity index (χ4v) is 2.35. The van der Waals surface area contributed by atoms with Gasteiger partial charge >= 0.3 is 0 Å². The lowest BCUT2D eigenvalue weighted by molar-refractivity contribution is 1.33. The van der Waals surface area contributed by atoms with Crippen LogP contribution in [0.25, 0.3) is 10.8 Å². The Bertz CT molecular complexity index is 740. The summed E-state index contributed by atoms with van der Waals surface area (Å²) in [5, 5.41) is 5.65. The molecule has 3 nitrogen and oxygen atoms in total. The number of benzene rings is 2. The summed E-state index contributed by atoms with van der Waals surface area (Å²) in [6, 6.07) is 16.2. The smallest absolute Gasteiger partial charge is 0.147 e. The highest BCUT2D eigenvalue weighted by Gasteiger charge is 2.01. The molecule has 0 saturated carbocycles. The second kappa shape index (κ2) is 4.90. The molecule has 0 fully saturated rings. The van der Waals surface area contributed by atoms with E-state index in [0.29, 0.717) is 5.82 Å². The molecule has 3 rings (SSSR count). The monoisotopic (exact) mass is 313 g/mol. The minimum atomic E-state index is 0.499. The van der Waals surface area contributed by atoms with Crippen LogP contribution >= 0.6 is 15.9 Å². The minimum absolute atomic E-state index is 0.499. The van der Waals surface area contributed by atoms with Gasteiger partial charge in [-0.1, -0.05) is 28.1 Å². The summed E-state index contributed by atoms with van der Waals surface area (Å²) in [5.41, 5.74) is 7.63. The van der Waals surface area contributed by atoms with Crippen molar-refractivity contribution in [3.05, 3.63) is 59.2 Å². The lowest BCUT2D eigenvalue weighted by Crippen LogP contribution is -1.97. The zero-order chi connectivity index (χ0) is 13.2. The highest BCUT2D eigenvalue weighted by molar-refractivity contribution is 9.10. The van der Waals surface area contributed by atoms with Crippen molar-refractivity contribution in [3.63, 3.8) is 0 Å². The summed E-state index contributed by atoms with van der Waals surface area (Å²) in [4.78, 5) is 4.06. The molecule has 0 amide bonds. The van der Waals surface area contributed by atoms with Crippen LogP contribution in [0, 0.1) is 0 Å². The number of fused-ring (bicyclic) bond motifs is 1. The molecule has 1 aromatic heterocycles. The van der Waals surface area contributed by atoms with Crippen molar-refractivity contribution in [2.24, 2.45) is 0 Å². The van der Waals surface area contributed by atoms with E-state index in [4.69, 9.17) is 5.73 Å². The fraction of sp³-hybridized carbons (Fsp3) is 0. The molecule has 1 heterocycles. The van der Waals surface area contributed by atoms with E-state index >= 15 is 0 Å². The number of nitrogens with two attached hydrogens (primary N) is 1. The maximum absolute atomic E-state index is 5.82. The van der Waals surface area contributed by atoms with Crippen LogP contribution < -0.4 is 11.1 Å². The molecule has 94 valence electrons. The number of rotatable bonds is 2. The maximum Gasteiger partial charge on any atom is 0.147 e.